The Bertz CT molecular complexity index is 241. The number of esters is 1. The summed E-state index contributed by atoms with van der Waals surface area (Å²) in [5, 5.41) is 8.85. The second-order valence-corrected chi connectivity index (χ2v) is 4.12. The van der Waals surface area contributed by atoms with Gasteiger partial charge in [-0.1, -0.05) is 0 Å². The SMILES string of the molecule is CC(C)OC(=O)CCC1(C(=O)O)CC1. The van der Waals surface area contributed by atoms with Crippen molar-refractivity contribution < 1.29 is 19.4 Å². The predicted molar refractivity (Wildman–Crippen MR) is 49.8 cm³/mol. The molecule has 0 spiro atoms. The molecule has 14 heavy (non-hydrogen) atoms. The molecule has 1 aliphatic rings. The number of carboxylic acids is 1. The highest BCUT2D eigenvalue weighted by atomic mass is 16.5. The van der Waals surface area contributed by atoms with Crippen molar-refractivity contribution in [3.8, 4) is 0 Å². The standard InChI is InChI=1S/C10H16O4/c1-7(2)14-8(11)3-4-10(5-6-10)9(12)13/h7H,3-6H2,1-2H3,(H,12,13). The number of carboxylic acid groups (broad SMARTS) is 1. The Hall–Kier alpha value is -1.06. The van der Waals surface area contributed by atoms with Gasteiger partial charge in [0.1, 0.15) is 0 Å². The van der Waals surface area contributed by atoms with Gasteiger partial charge in [0.25, 0.3) is 0 Å². The molecule has 0 aromatic carbocycles. The van der Waals surface area contributed by atoms with Gasteiger partial charge in [0.05, 0.1) is 11.5 Å². The molecular formula is C10H16O4. The van der Waals surface area contributed by atoms with Crippen LogP contribution in [-0.4, -0.2) is 23.1 Å². The summed E-state index contributed by atoms with van der Waals surface area (Å²) in [5.41, 5.74) is -0.615. The topological polar surface area (TPSA) is 63.6 Å². The van der Waals surface area contributed by atoms with Gasteiger partial charge < -0.3 is 9.84 Å². The fourth-order valence-corrected chi connectivity index (χ4v) is 1.38. The van der Waals surface area contributed by atoms with Crippen molar-refractivity contribution in [1.82, 2.24) is 0 Å². The van der Waals surface area contributed by atoms with Crippen molar-refractivity contribution in [2.45, 2.75) is 45.6 Å². The van der Waals surface area contributed by atoms with Gasteiger partial charge in [0, 0.05) is 6.42 Å². The van der Waals surface area contributed by atoms with E-state index < -0.39 is 11.4 Å². The van der Waals surface area contributed by atoms with E-state index in [1.165, 1.54) is 0 Å². The number of aliphatic carboxylic acids is 1. The first-order valence-corrected chi connectivity index (χ1v) is 4.89. The summed E-state index contributed by atoms with van der Waals surface area (Å²) in [6, 6.07) is 0. The Balaban J connectivity index is 2.27. The Kier molecular flexibility index (Phi) is 3.13. The second-order valence-electron chi connectivity index (χ2n) is 4.12. The molecule has 4 heteroatoms. The van der Waals surface area contributed by atoms with E-state index in [1.807, 2.05) is 0 Å². The highest BCUT2D eigenvalue weighted by Gasteiger charge is 2.49. The molecule has 0 heterocycles. The van der Waals surface area contributed by atoms with Crippen LogP contribution >= 0.6 is 0 Å². The molecule has 0 aromatic heterocycles. The Morgan fingerprint density at radius 2 is 2.00 bits per heavy atom. The van der Waals surface area contributed by atoms with Gasteiger partial charge in [-0.05, 0) is 33.1 Å². The first-order chi connectivity index (χ1) is 6.46. The van der Waals surface area contributed by atoms with E-state index in [2.05, 4.69) is 0 Å². The smallest absolute Gasteiger partial charge is 0.309 e. The average Bonchev–Trinajstić information content (AvgIpc) is 2.79. The van der Waals surface area contributed by atoms with E-state index in [0.717, 1.165) is 0 Å². The first kappa shape index (κ1) is 11.0. The van der Waals surface area contributed by atoms with Crippen LogP contribution in [0.4, 0.5) is 0 Å². The van der Waals surface area contributed by atoms with Crippen molar-refractivity contribution in [3.63, 3.8) is 0 Å². The highest BCUT2D eigenvalue weighted by Crippen LogP contribution is 2.49. The molecule has 80 valence electrons. The number of carbonyl (C=O) groups is 2. The molecule has 0 atom stereocenters. The van der Waals surface area contributed by atoms with E-state index in [1.54, 1.807) is 13.8 Å². The van der Waals surface area contributed by atoms with Crippen molar-refractivity contribution in [2.24, 2.45) is 5.41 Å². The fraction of sp³-hybridized carbons (Fsp3) is 0.800. The Labute approximate surface area is 83.2 Å². The molecule has 0 saturated heterocycles. The minimum atomic E-state index is -0.783. The molecule has 4 nitrogen and oxygen atoms in total. The molecule has 0 aliphatic heterocycles. The van der Waals surface area contributed by atoms with Crippen LogP contribution in [-0.2, 0) is 14.3 Å². The van der Waals surface area contributed by atoms with Crippen molar-refractivity contribution >= 4 is 11.9 Å². The lowest BCUT2D eigenvalue weighted by Crippen LogP contribution is -2.18. The van der Waals surface area contributed by atoms with E-state index in [0.29, 0.717) is 19.3 Å². The molecule has 0 radical (unpaired) electrons. The molecule has 0 aromatic rings. The zero-order chi connectivity index (χ0) is 10.8. The van der Waals surface area contributed by atoms with E-state index >= 15 is 0 Å². The van der Waals surface area contributed by atoms with Crippen LogP contribution in [0, 0.1) is 5.41 Å². The fourth-order valence-electron chi connectivity index (χ4n) is 1.38. The largest absolute Gasteiger partial charge is 0.481 e. The molecule has 0 bridgehead atoms. The summed E-state index contributed by atoms with van der Waals surface area (Å²) in [7, 11) is 0. The lowest BCUT2D eigenvalue weighted by atomic mass is 10.0. The third kappa shape index (κ3) is 2.72. The summed E-state index contributed by atoms with van der Waals surface area (Å²) in [5.74, 6) is -1.08. The molecule has 0 amide bonds. The summed E-state index contributed by atoms with van der Waals surface area (Å²) >= 11 is 0. The minimum Gasteiger partial charge on any atom is -0.481 e. The molecule has 1 saturated carbocycles. The maximum atomic E-state index is 11.1. The van der Waals surface area contributed by atoms with E-state index in [-0.39, 0.29) is 18.5 Å². The highest BCUT2D eigenvalue weighted by molar-refractivity contribution is 5.79. The van der Waals surface area contributed by atoms with Gasteiger partial charge in [-0.15, -0.1) is 0 Å². The maximum Gasteiger partial charge on any atom is 0.309 e. The molecule has 1 rings (SSSR count). The monoisotopic (exact) mass is 200 g/mol. The number of hydrogen-bond donors (Lipinski definition) is 1. The van der Waals surface area contributed by atoms with Crippen LogP contribution in [0.15, 0.2) is 0 Å². The molecule has 1 aliphatic carbocycles. The zero-order valence-corrected chi connectivity index (χ0v) is 8.58. The van der Waals surface area contributed by atoms with Crippen molar-refractivity contribution in [2.75, 3.05) is 0 Å². The average molecular weight is 200 g/mol. The quantitative estimate of drug-likeness (QED) is 0.684. The lowest BCUT2D eigenvalue weighted by molar-refractivity contribution is -0.149. The summed E-state index contributed by atoms with van der Waals surface area (Å²) in [6.45, 7) is 3.56. The van der Waals surface area contributed by atoms with Gasteiger partial charge in [-0.2, -0.15) is 0 Å². The maximum absolute atomic E-state index is 11.1. The second kappa shape index (κ2) is 3.98. The van der Waals surface area contributed by atoms with Gasteiger partial charge in [-0.25, -0.2) is 0 Å². The third-order valence-corrected chi connectivity index (χ3v) is 2.48. The Morgan fingerprint density at radius 1 is 1.43 bits per heavy atom. The summed E-state index contributed by atoms with van der Waals surface area (Å²) in [4.78, 5) is 21.9. The van der Waals surface area contributed by atoms with Crippen LogP contribution < -0.4 is 0 Å². The lowest BCUT2D eigenvalue weighted by Gasteiger charge is -2.10. The predicted octanol–water partition coefficient (Wildman–Crippen LogP) is 1.58. The van der Waals surface area contributed by atoms with Crippen LogP contribution in [0.25, 0.3) is 0 Å². The number of carbonyl (C=O) groups excluding carboxylic acids is 1. The molecule has 1 fully saturated rings. The van der Waals surface area contributed by atoms with Crippen molar-refractivity contribution in [1.29, 1.82) is 0 Å². The van der Waals surface area contributed by atoms with E-state index in [4.69, 9.17) is 9.84 Å². The van der Waals surface area contributed by atoms with E-state index in [9.17, 15) is 9.59 Å². The molecular weight excluding hydrogens is 184 g/mol. The number of rotatable bonds is 5. The van der Waals surface area contributed by atoms with Crippen molar-refractivity contribution in [3.05, 3.63) is 0 Å². The third-order valence-electron chi connectivity index (χ3n) is 2.48. The summed E-state index contributed by atoms with van der Waals surface area (Å²) < 4.78 is 4.92. The normalized spacial score (nSPS) is 17.9. The number of ether oxygens (including phenoxy) is 1. The zero-order valence-electron chi connectivity index (χ0n) is 8.58. The van der Waals surface area contributed by atoms with Gasteiger partial charge >= 0.3 is 11.9 Å². The van der Waals surface area contributed by atoms with Gasteiger partial charge in [0.15, 0.2) is 0 Å². The van der Waals surface area contributed by atoms with Crippen LogP contribution in [0.3, 0.4) is 0 Å². The number of hydrogen-bond acceptors (Lipinski definition) is 3. The van der Waals surface area contributed by atoms with Crippen LogP contribution in [0.5, 0.6) is 0 Å². The Morgan fingerprint density at radius 3 is 2.36 bits per heavy atom. The van der Waals surface area contributed by atoms with Crippen LogP contribution in [0.2, 0.25) is 0 Å². The van der Waals surface area contributed by atoms with Crippen LogP contribution in [0.1, 0.15) is 39.5 Å². The van der Waals surface area contributed by atoms with Gasteiger partial charge in [-0.3, -0.25) is 9.59 Å². The molecule has 1 N–H and O–H groups in total. The minimum absolute atomic E-state index is 0.123. The first-order valence-electron chi connectivity index (χ1n) is 4.89. The summed E-state index contributed by atoms with van der Waals surface area (Å²) in [6.07, 6.45) is 1.88. The van der Waals surface area contributed by atoms with Gasteiger partial charge in [0.2, 0.25) is 0 Å². The molecule has 0 unspecified atom stereocenters.